The van der Waals surface area contributed by atoms with Crippen molar-refractivity contribution in [3.63, 3.8) is 0 Å². The van der Waals surface area contributed by atoms with Crippen LogP contribution in [-0.2, 0) is 21.7 Å². The minimum absolute atomic E-state index is 0.156. The van der Waals surface area contributed by atoms with Gasteiger partial charge in [0.1, 0.15) is 17.5 Å². The molecule has 1 fully saturated rings. The van der Waals surface area contributed by atoms with Gasteiger partial charge < -0.3 is 14.7 Å². The molecule has 0 radical (unpaired) electrons. The maximum Gasteiger partial charge on any atom is 0.264 e. The molecule has 3 heterocycles. The topological polar surface area (TPSA) is 80.5 Å². The first-order valence-corrected chi connectivity index (χ1v) is 12.0. The van der Waals surface area contributed by atoms with Gasteiger partial charge in [0.25, 0.3) is 5.91 Å². The normalized spacial score (nSPS) is 27.0. The smallest absolute Gasteiger partial charge is 0.264 e. The predicted molar refractivity (Wildman–Crippen MR) is 129 cm³/mol. The molecule has 1 saturated heterocycles. The van der Waals surface area contributed by atoms with E-state index in [2.05, 4.69) is 10.3 Å². The van der Waals surface area contributed by atoms with Crippen molar-refractivity contribution in [2.45, 2.75) is 57.2 Å². The summed E-state index contributed by atoms with van der Waals surface area (Å²) in [6.45, 7) is 5.45. The molecule has 1 spiro atoms. The lowest BCUT2D eigenvalue weighted by Crippen LogP contribution is -2.44. The standard InChI is InChI=1S/C27H31FN4O3/c1-17-23(26(2,3)28)22(35-27(17)19-12-8-9-13-21(19)31(4)25(27)34)14-15-32-16-20(29-30-32)24(33)18-10-6-5-7-11-18/h5-13,16-17,22-24,33H,14-15H2,1-4H3/t17-,22+,23-,24+,27+/m0/s1. The van der Waals surface area contributed by atoms with Gasteiger partial charge in [-0.05, 0) is 31.9 Å². The number of aryl methyl sites for hydroxylation is 1. The zero-order valence-corrected chi connectivity index (χ0v) is 20.4. The Morgan fingerprint density at radius 3 is 2.57 bits per heavy atom. The maximum absolute atomic E-state index is 15.6. The lowest BCUT2D eigenvalue weighted by molar-refractivity contribution is -0.145. The molecule has 2 aliphatic heterocycles. The monoisotopic (exact) mass is 478 g/mol. The highest BCUT2D eigenvalue weighted by Crippen LogP contribution is 2.57. The Hall–Kier alpha value is -3.10. The number of aromatic nitrogens is 3. The SMILES string of the molecule is C[C@H]1[C@H](C(C)(C)F)[C@@H](CCn2cc([C@H](O)c3ccccc3)nn2)O[C@]12C(=O)N(C)c1ccccc12. The fourth-order valence-electron chi connectivity index (χ4n) is 5.99. The molecule has 0 unspecified atom stereocenters. The van der Waals surface area contributed by atoms with Crippen molar-refractivity contribution >= 4 is 11.6 Å². The van der Waals surface area contributed by atoms with Crippen LogP contribution in [0.25, 0.3) is 0 Å². The number of fused-ring (bicyclic) bond motifs is 2. The summed E-state index contributed by atoms with van der Waals surface area (Å²) in [5.74, 6) is -1.02. The molecule has 0 aliphatic carbocycles. The third kappa shape index (κ3) is 3.76. The van der Waals surface area contributed by atoms with Gasteiger partial charge in [-0.15, -0.1) is 5.10 Å². The van der Waals surface area contributed by atoms with Crippen LogP contribution in [0.5, 0.6) is 0 Å². The first-order chi connectivity index (χ1) is 16.6. The van der Waals surface area contributed by atoms with Crippen LogP contribution in [0.15, 0.2) is 60.8 Å². The summed E-state index contributed by atoms with van der Waals surface area (Å²) in [6, 6.07) is 16.9. The Morgan fingerprint density at radius 1 is 1.17 bits per heavy atom. The molecule has 0 bridgehead atoms. The number of ether oxygens (including phenoxy) is 1. The van der Waals surface area contributed by atoms with E-state index in [1.54, 1.807) is 36.7 Å². The number of likely N-dealkylation sites (N-methyl/N-ethyl adjacent to an activating group) is 1. The summed E-state index contributed by atoms with van der Waals surface area (Å²) in [4.78, 5) is 15.1. The molecule has 1 amide bonds. The van der Waals surface area contributed by atoms with Gasteiger partial charge in [-0.3, -0.25) is 9.48 Å². The number of rotatable bonds is 6. The summed E-state index contributed by atoms with van der Waals surface area (Å²) in [5.41, 5.74) is 0.0118. The van der Waals surface area contributed by atoms with E-state index in [0.29, 0.717) is 18.7 Å². The molecule has 184 valence electrons. The first-order valence-electron chi connectivity index (χ1n) is 12.0. The number of alkyl halides is 1. The van der Waals surface area contributed by atoms with Crippen LogP contribution in [0, 0.1) is 11.8 Å². The molecular formula is C27H31FN4O3. The molecule has 7 nitrogen and oxygen atoms in total. The molecule has 8 heteroatoms. The minimum Gasteiger partial charge on any atom is -0.382 e. The van der Waals surface area contributed by atoms with Crippen LogP contribution in [0.3, 0.4) is 0 Å². The second-order valence-electron chi connectivity index (χ2n) is 10.2. The number of amides is 1. The van der Waals surface area contributed by atoms with E-state index >= 15 is 4.39 Å². The van der Waals surface area contributed by atoms with Crippen LogP contribution in [0.1, 0.15) is 50.1 Å². The second-order valence-corrected chi connectivity index (χ2v) is 10.2. The largest absolute Gasteiger partial charge is 0.382 e. The number of benzene rings is 2. The maximum atomic E-state index is 15.6. The molecular weight excluding hydrogens is 447 g/mol. The fourth-order valence-corrected chi connectivity index (χ4v) is 5.99. The Kier molecular flexibility index (Phi) is 5.76. The van der Waals surface area contributed by atoms with Crippen molar-refractivity contribution in [3.05, 3.63) is 77.6 Å². The Balaban J connectivity index is 1.40. The summed E-state index contributed by atoms with van der Waals surface area (Å²) in [7, 11) is 1.74. The quantitative estimate of drug-likeness (QED) is 0.579. The van der Waals surface area contributed by atoms with Crippen molar-refractivity contribution in [2.24, 2.45) is 11.8 Å². The highest BCUT2D eigenvalue weighted by Gasteiger charge is 2.65. The lowest BCUT2D eigenvalue weighted by atomic mass is 9.71. The second kappa shape index (κ2) is 8.53. The van der Waals surface area contributed by atoms with E-state index in [0.717, 1.165) is 16.8 Å². The van der Waals surface area contributed by atoms with Crippen LogP contribution in [-0.4, -0.2) is 44.8 Å². The minimum atomic E-state index is -1.55. The van der Waals surface area contributed by atoms with Gasteiger partial charge in [-0.25, -0.2) is 4.39 Å². The van der Waals surface area contributed by atoms with E-state index in [1.807, 2.05) is 61.5 Å². The Morgan fingerprint density at radius 2 is 1.86 bits per heavy atom. The van der Waals surface area contributed by atoms with Gasteiger partial charge in [0.05, 0.1) is 18.0 Å². The number of halogens is 1. The zero-order chi connectivity index (χ0) is 25.0. The van der Waals surface area contributed by atoms with E-state index < -0.39 is 29.4 Å². The number of nitrogens with zero attached hydrogens (tertiary/aromatic N) is 4. The van der Waals surface area contributed by atoms with Gasteiger partial charge in [0, 0.05) is 31.0 Å². The molecule has 1 aromatic heterocycles. The van der Waals surface area contributed by atoms with E-state index in [-0.39, 0.29) is 11.8 Å². The van der Waals surface area contributed by atoms with Crippen molar-refractivity contribution in [3.8, 4) is 0 Å². The van der Waals surface area contributed by atoms with E-state index in [1.165, 1.54) is 0 Å². The lowest BCUT2D eigenvalue weighted by Gasteiger charge is -2.32. The number of hydrogen-bond donors (Lipinski definition) is 1. The summed E-state index contributed by atoms with van der Waals surface area (Å²) in [5, 5.41) is 18.9. The molecule has 1 N–H and O–H groups in total. The highest BCUT2D eigenvalue weighted by atomic mass is 19.1. The molecule has 2 aliphatic rings. The number of anilines is 1. The van der Waals surface area contributed by atoms with E-state index in [9.17, 15) is 9.90 Å². The third-order valence-electron chi connectivity index (χ3n) is 7.59. The third-order valence-corrected chi connectivity index (χ3v) is 7.59. The summed E-state index contributed by atoms with van der Waals surface area (Å²) >= 11 is 0. The van der Waals surface area contributed by atoms with Gasteiger partial charge >= 0.3 is 0 Å². The summed E-state index contributed by atoms with van der Waals surface area (Å²) < 4.78 is 23.8. The number of hydrogen-bond acceptors (Lipinski definition) is 5. The number of para-hydroxylation sites is 1. The molecule has 3 aromatic rings. The summed E-state index contributed by atoms with van der Waals surface area (Å²) in [6.07, 6.45) is 0.774. The van der Waals surface area contributed by atoms with Gasteiger partial charge in [0.2, 0.25) is 0 Å². The van der Waals surface area contributed by atoms with Crippen LogP contribution < -0.4 is 4.90 Å². The van der Waals surface area contributed by atoms with Crippen LogP contribution in [0.4, 0.5) is 10.1 Å². The number of aliphatic hydroxyl groups excluding tert-OH is 1. The van der Waals surface area contributed by atoms with Gasteiger partial charge in [-0.2, -0.15) is 0 Å². The van der Waals surface area contributed by atoms with Crippen LogP contribution in [0.2, 0.25) is 0 Å². The van der Waals surface area contributed by atoms with Gasteiger partial charge in [-0.1, -0.05) is 60.7 Å². The molecule has 2 aromatic carbocycles. The molecule has 35 heavy (non-hydrogen) atoms. The zero-order valence-electron chi connectivity index (χ0n) is 20.4. The number of aliphatic hydroxyl groups is 1. The van der Waals surface area contributed by atoms with Crippen LogP contribution >= 0.6 is 0 Å². The van der Waals surface area contributed by atoms with Crippen molar-refractivity contribution in [1.29, 1.82) is 0 Å². The molecule has 5 atom stereocenters. The van der Waals surface area contributed by atoms with E-state index in [4.69, 9.17) is 4.74 Å². The Bertz CT molecular complexity index is 1220. The average molecular weight is 479 g/mol. The average Bonchev–Trinajstić information content (AvgIpc) is 3.49. The first kappa shape index (κ1) is 23.6. The number of carbonyl (C=O) groups excluding carboxylic acids is 1. The molecule has 0 saturated carbocycles. The molecule has 5 rings (SSSR count). The van der Waals surface area contributed by atoms with Crippen molar-refractivity contribution in [2.75, 3.05) is 11.9 Å². The highest BCUT2D eigenvalue weighted by molar-refractivity contribution is 6.07. The predicted octanol–water partition coefficient (Wildman–Crippen LogP) is 4.02. The fraction of sp³-hybridized carbons (Fsp3) is 0.444. The van der Waals surface area contributed by atoms with Crippen molar-refractivity contribution in [1.82, 2.24) is 15.0 Å². The Labute approximate surface area is 204 Å². The van der Waals surface area contributed by atoms with Gasteiger partial charge in [0.15, 0.2) is 5.60 Å². The number of carbonyl (C=O) groups is 1. The van der Waals surface area contributed by atoms with Crippen molar-refractivity contribution < 1.29 is 19.0 Å².